The fourth-order valence-corrected chi connectivity index (χ4v) is 3.92. The summed E-state index contributed by atoms with van der Waals surface area (Å²) in [5, 5.41) is 3.54. The summed E-state index contributed by atoms with van der Waals surface area (Å²) < 4.78 is 0. The molecule has 2 aliphatic heterocycles. The van der Waals surface area contributed by atoms with Crippen LogP contribution in [0.3, 0.4) is 0 Å². The monoisotopic (exact) mass is 242 g/mol. The van der Waals surface area contributed by atoms with Gasteiger partial charge in [0, 0.05) is 25.4 Å². The Labute approximate surface area is 102 Å². The van der Waals surface area contributed by atoms with E-state index < -0.39 is 0 Å². The van der Waals surface area contributed by atoms with Gasteiger partial charge in [-0.3, -0.25) is 4.79 Å². The fraction of sp³-hybridized carbons (Fsp3) is 0.917. The van der Waals surface area contributed by atoms with Gasteiger partial charge in [0.1, 0.15) is 0 Å². The van der Waals surface area contributed by atoms with Gasteiger partial charge in [-0.15, -0.1) is 0 Å². The predicted octanol–water partition coefficient (Wildman–Crippen LogP) is 1.34. The zero-order valence-electron chi connectivity index (χ0n) is 10.5. The van der Waals surface area contributed by atoms with E-state index in [1.807, 2.05) is 23.7 Å². The van der Waals surface area contributed by atoms with Crippen LogP contribution in [0.2, 0.25) is 0 Å². The number of hydrogen-bond acceptors (Lipinski definition) is 3. The van der Waals surface area contributed by atoms with Crippen molar-refractivity contribution in [1.82, 2.24) is 10.2 Å². The van der Waals surface area contributed by atoms with Gasteiger partial charge in [0.2, 0.25) is 5.91 Å². The molecular formula is C12H22N2OS. The van der Waals surface area contributed by atoms with Gasteiger partial charge in [-0.2, -0.15) is 11.8 Å². The van der Waals surface area contributed by atoms with Gasteiger partial charge in [-0.1, -0.05) is 13.8 Å². The van der Waals surface area contributed by atoms with Crippen molar-refractivity contribution in [3.05, 3.63) is 0 Å². The molecule has 0 bridgehead atoms. The Balaban J connectivity index is 1.88. The van der Waals surface area contributed by atoms with Crippen LogP contribution in [0.4, 0.5) is 0 Å². The van der Waals surface area contributed by atoms with E-state index >= 15 is 0 Å². The van der Waals surface area contributed by atoms with Gasteiger partial charge >= 0.3 is 0 Å². The average Bonchev–Trinajstić information content (AvgIpc) is 2.48. The van der Waals surface area contributed by atoms with E-state index in [0.29, 0.717) is 11.5 Å². The molecule has 2 fully saturated rings. The largest absolute Gasteiger partial charge is 0.344 e. The Bertz CT molecular complexity index is 280. The fourth-order valence-electron chi connectivity index (χ4n) is 2.63. The molecular weight excluding hydrogens is 220 g/mol. The maximum atomic E-state index is 11.8. The van der Waals surface area contributed by atoms with E-state index in [0.717, 1.165) is 18.7 Å². The molecule has 1 N–H and O–H groups in total. The second-order valence-electron chi connectivity index (χ2n) is 5.85. The van der Waals surface area contributed by atoms with Crippen molar-refractivity contribution in [3.8, 4) is 0 Å². The van der Waals surface area contributed by atoms with Crippen LogP contribution in [0.25, 0.3) is 0 Å². The van der Waals surface area contributed by atoms with Crippen LogP contribution in [0.15, 0.2) is 0 Å². The number of carbonyl (C=O) groups excluding carboxylic acids is 1. The van der Waals surface area contributed by atoms with E-state index in [9.17, 15) is 4.79 Å². The number of nitrogens with one attached hydrogen (secondary N) is 1. The maximum Gasteiger partial charge on any atom is 0.239 e. The molecule has 2 saturated heterocycles. The summed E-state index contributed by atoms with van der Waals surface area (Å²) in [5.74, 6) is 2.66. The summed E-state index contributed by atoms with van der Waals surface area (Å²) in [6.45, 7) is 5.53. The standard InChI is InChI=1S/C12H22N2OS/c1-12(2)6-9(7-16-8-12)13-10-4-5-14(3)11(10)15/h9-10,13H,4-8H2,1-3H3. The highest BCUT2D eigenvalue weighted by atomic mass is 32.2. The first-order valence-electron chi connectivity index (χ1n) is 6.07. The Morgan fingerprint density at radius 3 is 2.81 bits per heavy atom. The number of carbonyl (C=O) groups is 1. The number of likely N-dealkylation sites (N-methyl/N-ethyl adjacent to an activating group) is 1. The molecule has 0 radical (unpaired) electrons. The van der Waals surface area contributed by atoms with Gasteiger partial charge in [-0.05, 0) is 24.0 Å². The molecule has 0 aromatic heterocycles. The molecule has 0 spiro atoms. The van der Waals surface area contributed by atoms with Crippen molar-refractivity contribution in [3.63, 3.8) is 0 Å². The summed E-state index contributed by atoms with van der Waals surface area (Å²) in [5.41, 5.74) is 0.411. The van der Waals surface area contributed by atoms with Gasteiger partial charge in [0.25, 0.3) is 0 Å². The summed E-state index contributed by atoms with van der Waals surface area (Å²) >= 11 is 2.01. The van der Waals surface area contributed by atoms with Crippen molar-refractivity contribution >= 4 is 17.7 Å². The number of thioether (sulfide) groups is 1. The van der Waals surface area contributed by atoms with E-state index in [-0.39, 0.29) is 11.9 Å². The first kappa shape index (κ1) is 12.2. The minimum absolute atomic E-state index is 0.0736. The molecule has 16 heavy (non-hydrogen) atoms. The normalized spacial score (nSPS) is 34.4. The molecule has 3 nitrogen and oxygen atoms in total. The minimum Gasteiger partial charge on any atom is -0.344 e. The number of rotatable bonds is 2. The zero-order valence-corrected chi connectivity index (χ0v) is 11.3. The average molecular weight is 242 g/mol. The van der Waals surface area contributed by atoms with Gasteiger partial charge < -0.3 is 10.2 Å². The lowest BCUT2D eigenvalue weighted by atomic mass is 9.87. The van der Waals surface area contributed by atoms with Crippen LogP contribution in [0, 0.1) is 5.41 Å². The lowest BCUT2D eigenvalue weighted by molar-refractivity contribution is -0.128. The number of likely N-dealkylation sites (tertiary alicyclic amines) is 1. The topological polar surface area (TPSA) is 32.3 Å². The molecule has 0 aliphatic carbocycles. The van der Waals surface area contributed by atoms with Gasteiger partial charge in [0.05, 0.1) is 6.04 Å². The Hall–Kier alpha value is -0.220. The van der Waals surface area contributed by atoms with Crippen LogP contribution >= 0.6 is 11.8 Å². The second kappa shape index (κ2) is 4.57. The second-order valence-corrected chi connectivity index (χ2v) is 6.88. The Kier molecular flexibility index (Phi) is 3.50. The van der Waals surface area contributed by atoms with Crippen LogP contribution in [0.5, 0.6) is 0 Å². The Morgan fingerprint density at radius 2 is 2.25 bits per heavy atom. The van der Waals surface area contributed by atoms with Crippen LogP contribution in [-0.2, 0) is 4.79 Å². The van der Waals surface area contributed by atoms with Crippen LogP contribution in [-0.4, -0.2) is 48.0 Å². The van der Waals surface area contributed by atoms with E-state index in [2.05, 4.69) is 19.2 Å². The first-order chi connectivity index (χ1) is 7.48. The molecule has 4 heteroatoms. The summed E-state index contributed by atoms with van der Waals surface area (Å²) in [6, 6.07) is 0.582. The number of nitrogens with zero attached hydrogens (tertiary/aromatic N) is 1. The molecule has 0 aromatic rings. The summed E-state index contributed by atoms with van der Waals surface area (Å²) in [7, 11) is 1.89. The molecule has 2 atom stereocenters. The number of hydrogen-bond donors (Lipinski definition) is 1. The SMILES string of the molecule is CN1CCC(NC2CSCC(C)(C)C2)C1=O. The maximum absolute atomic E-state index is 11.8. The summed E-state index contributed by atoms with van der Waals surface area (Å²) in [4.78, 5) is 13.6. The third kappa shape index (κ3) is 2.72. The molecule has 1 amide bonds. The molecule has 2 heterocycles. The lowest BCUT2D eigenvalue weighted by Crippen LogP contribution is -2.48. The van der Waals surface area contributed by atoms with Crippen molar-refractivity contribution in [2.24, 2.45) is 5.41 Å². The highest BCUT2D eigenvalue weighted by Gasteiger charge is 2.34. The predicted molar refractivity (Wildman–Crippen MR) is 68.7 cm³/mol. The van der Waals surface area contributed by atoms with Crippen LogP contribution < -0.4 is 5.32 Å². The van der Waals surface area contributed by atoms with Crippen molar-refractivity contribution in [2.75, 3.05) is 25.1 Å². The third-order valence-electron chi connectivity index (χ3n) is 3.48. The molecule has 92 valence electrons. The van der Waals surface area contributed by atoms with Gasteiger partial charge in [-0.25, -0.2) is 0 Å². The third-order valence-corrected chi connectivity index (χ3v) is 5.10. The minimum atomic E-state index is 0.0736. The molecule has 2 unspecified atom stereocenters. The van der Waals surface area contributed by atoms with Crippen molar-refractivity contribution < 1.29 is 4.79 Å². The highest BCUT2D eigenvalue weighted by Crippen LogP contribution is 2.33. The molecule has 0 aromatic carbocycles. The van der Waals surface area contributed by atoms with E-state index in [1.165, 1.54) is 12.2 Å². The molecule has 2 aliphatic rings. The van der Waals surface area contributed by atoms with Crippen LogP contribution in [0.1, 0.15) is 26.7 Å². The zero-order chi connectivity index (χ0) is 11.8. The smallest absolute Gasteiger partial charge is 0.239 e. The Morgan fingerprint density at radius 1 is 1.50 bits per heavy atom. The number of amides is 1. The van der Waals surface area contributed by atoms with E-state index in [4.69, 9.17) is 0 Å². The quantitative estimate of drug-likeness (QED) is 0.793. The van der Waals surface area contributed by atoms with Crippen molar-refractivity contribution in [2.45, 2.75) is 38.8 Å². The van der Waals surface area contributed by atoms with E-state index in [1.54, 1.807) is 0 Å². The molecule has 2 rings (SSSR count). The lowest BCUT2D eigenvalue weighted by Gasteiger charge is -2.36. The van der Waals surface area contributed by atoms with Gasteiger partial charge in [0.15, 0.2) is 0 Å². The summed E-state index contributed by atoms with van der Waals surface area (Å²) in [6.07, 6.45) is 2.16. The highest BCUT2D eigenvalue weighted by molar-refractivity contribution is 7.99. The van der Waals surface area contributed by atoms with Crippen molar-refractivity contribution in [1.29, 1.82) is 0 Å². The molecule has 0 saturated carbocycles. The first-order valence-corrected chi connectivity index (χ1v) is 7.22.